The van der Waals surface area contributed by atoms with Crippen molar-refractivity contribution in [2.75, 3.05) is 5.75 Å². The number of carbonyl (C=O) groups excluding carboxylic acids is 1. The predicted octanol–water partition coefficient (Wildman–Crippen LogP) is 1.16. The molecular weight excluding hydrogens is 300 g/mol. The van der Waals surface area contributed by atoms with E-state index < -0.39 is 5.91 Å². The van der Waals surface area contributed by atoms with Crippen LogP contribution < -0.4 is 5.73 Å². The van der Waals surface area contributed by atoms with Crippen molar-refractivity contribution >= 4 is 28.8 Å². The summed E-state index contributed by atoms with van der Waals surface area (Å²) in [5.74, 6) is -0.250. The molecule has 0 aliphatic carbocycles. The van der Waals surface area contributed by atoms with E-state index in [1.807, 2.05) is 19.1 Å². The van der Waals surface area contributed by atoms with Crippen LogP contribution in [0.4, 0.5) is 0 Å². The maximum Gasteiger partial charge on any atom is 0.227 e. The van der Waals surface area contributed by atoms with Crippen molar-refractivity contribution in [3.05, 3.63) is 41.7 Å². The number of aryl methyl sites for hydroxylation is 1. The number of hydrogen-bond acceptors (Lipinski definition) is 6. The van der Waals surface area contributed by atoms with Crippen LogP contribution in [0.1, 0.15) is 11.1 Å². The van der Waals surface area contributed by atoms with Crippen LogP contribution >= 0.6 is 11.8 Å². The van der Waals surface area contributed by atoms with Gasteiger partial charge in [0.15, 0.2) is 11.2 Å². The van der Waals surface area contributed by atoms with Gasteiger partial charge in [0.2, 0.25) is 5.91 Å². The number of fused-ring (bicyclic) bond motifs is 1. The summed E-state index contributed by atoms with van der Waals surface area (Å²) in [7, 11) is 0. The molecule has 112 valence electrons. The molecule has 7 nitrogen and oxygen atoms in total. The number of nitrogens with zero attached hydrogens (tertiary/aromatic N) is 5. The molecule has 0 unspecified atom stereocenters. The van der Waals surface area contributed by atoms with E-state index in [0.29, 0.717) is 22.7 Å². The first-order valence-corrected chi connectivity index (χ1v) is 7.63. The molecule has 0 saturated heterocycles. The fourth-order valence-electron chi connectivity index (χ4n) is 1.99. The molecule has 3 rings (SSSR count). The average Bonchev–Trinajstić information content (AvgIpc) is 2.91. The van der Waals surface area contributed by atoms with E-state index in [2.05, 4.69) is 32.4 Å². The lowest BCUT2D eigenvalue weighted by atomic mass is 10.1. The topological polar surface area (TPSA) is 99.6 Å². The molecule has 0 spiro atoms. The van der Waals surface area contributed by atoms with Gasteiger partial charge >= 0.3 is 0 Å². The average molecular weight is 314 g/mol. The molecule has 8 heteroatoms. The summed E-state index contributed by atoms with van der Waals surface area (Å²) in [6.07, 6.45) is 1.45. The Labute approximate surface area is 130 Å². The Hall–Kier alpha value is -2.48. The minimum absolute atomic E-state index is 0.150. The molecule has 1 aromatic carbocycles. The van der Waals surface area contributed by atoms with Crippen LogP contribution in [0.25, 0.3) is 11.2 Å². The summed E-state index contributed by atoms with van der Waals surface area (Å²) < 4.78 is 1.72. The zero-order valence-corrected chi connectivity index (χ0v) is 12.7. The van der Waals surface area contributed by atoms with Crippen LogP contribution in [0.15, 0.2) is 35.6 Å². The summed E-state index contributed by atoms with van der Waals surface area (Å²) in [6.45, 7) is 2.62. The van der Waals surface area contributed by atoms with Gasteiger partial charge in [0.05, 0.1) is 12.3 Å². The van der Waals surface area contributed by atoms with Crippen LogP contribution in [0.2, 0.25) is 0 Å². The smallest absolute Gasteiger partial charge is 0.227 e. The quantitative estimate of drug-likeness (QED) is 0.560. The van der Waals surface area contributed by atoms with Crippen molar-refractivity contribution in [3.8, 4) is 0 Å². The molecule has 0 atom stereocenters. The van der Waals surface area contributed by atoms with Crippen molar-refractivity contribution < 1.29 is 4.79 Å². The fraction of sp³-hybridized carbons (Fsp3) is 0.214. The Morgan fingerprint density at radius 1 is 1.27 bits per heavy atom. The molecule has 0 fully saturated rings. The van der Waals surface area contributed by atoms with Gasteiger partial charge in [0.1, 0.15) is 11.4 Å². The predicted molar refractivity (Wildman–Crippen MR) is 83.3 cm³/mol. The van der Waals surface area contributed by atoms with E-state index >= 15 is 0 Å². The number of amides is 1. The molecule has 0 aliphatic heterocycles. The van der Waals surface area contributed by atoms with Crippen molar-refractivity contribution in [1.29, 1.82) is 0 Å². The van der Waals surface area contributed by atoms with Gasteiger partial charge in [-0.3, -0.25) is 4.79 Å². The minimum atomic E-state index is -0.399. The highest BCUT2D eigenvalue weighted by atomic mass is 32.2. The molecule has 22 heavy (non-hydrogen) atoms. The number of nitrogens with two attached hydrogens (primary N) is 1. The van der Waals surface area contributed by atoms with Gasteiger partial charge in [0, 0.05) is 0 Å². The van der Waals surface area contributed by atoms with Crippen molar-refractivity contribution in [2.24, 2.45) is 5.73 Å². The Morgan fingerprint density at radius 2 is 2.05 bits per heavy atom. The summed E-state index contributed by atoms with van der Waals surface area (Å²) in [4.78, 5) is 19.3. The van der Waals surface area contributed by atoms with Gasteiger partial charge in [-0.15, -0.1) is 5.10 Å². The van der Waals surface area contributed by atoms with E-state index in [9.17, 15) is 4.79 Å². The largest absolute Gasteiger partial charge is 0.369 e. The van der Waals surface area contributed by atoms with Gasteiger partial charge in [0.25, 0.3) is 0 Å². The summed E-state index contributed by atoms with van der Waals surface area (Å²) in [5.41, 5.74) is 8.71. The molecule has 0 radical (unpaired) electrons. The Bertz CT molecular complexity index is 814. The number of rotatable bonds is 5. The lowest BCUT2D eigenvalue weighted by molar-refractivity contribution is -0.115. The maximum atomic E-state index is 10.9. The molecule has 0 aliphatic rings. The van der Waals surface area contributed by atoms with Gasteiger partial charge in [-0.2, -0.15) is 0 Å². The van der Waals surface area contributed by atoms with Gasteiger partial charge < -0.3 is 5.73 Å². The lowest BCUT2D eigenvalue weighted by Crippen LogP contribution is -2.13. The maximum absolute atomic E-state index is 10.9. The molecule has 1 amide bonds. The van der Waals surface area contributed by atoms with E-state index in [0.717, 1.165) is 5.56 Å². The summed E-state index contributed by atoms with van der Waals surface area (Å²) in [6, 6.07) is 8.20. The first-order chi connectivity index (χ1) is 10.6. The molecule has 0 saturated carbocycles. The Kier molecular flexibility index (Phi) is 4.01. The van der Waals surface area contributed by atoms with Gasteiger partial charge in [-0.05, 0) is 12.5 Å². The second-order valence-corrected chi connectivity index (χ2v) is 5.80. The SMILES string of the molecule is Cc1ccc(Cn2nnc3c(SCC(N)=O)ncnc32)cc1. The Morgan fingerprint density at radius 3 is 2.77 bits per heavy atom. The van der Waals surface area contributed by atoms with E-state index in [1.54, 1.807) is 4.68 Å². The zero-order valence-electron chi connectivity index (χ0n) is 11.9. The Balaban J connectivity index is 1.90. The van der Waals surface area contributed by atoms with Crippen molar-refractivity contribution in [2.45, 2.75) is 18.5 Å². The third-order valence-corrected chi connectivity index (χ3v) is 4.07. The summed E-state index contributed by atoms with van der Waals surface area (Å²) >= 11 is 1.24. The molecule has 0 bridgehead atoms. The van der Waals surface area contributed by atoms with Gasteiger partial charge in [-0.1, -0.05) is 46.8 Å². The van der Waals surface area contributed by atoms with Crippen molar-refractivity contribution in [3.63, 3.8) is 0 Å². The van der Waals surface area contributed by atoms with Crippen molar-refractivity contribution in [1.82, 2.24) is 25.0 Å². The first-order valence-electron chi connectivity index (χ1n) is 6.64. The standard InChI is InChI=1S/C14H14N6OS/c1-9-2-4-10(5-3-9)6-20-13-12(18-19-20)14(17-8-16-13)22-7-11(15)21/h2-5,8H,6-7H2,1H3,(H2,15,21). The fourth-order valence-corrected chi connectivity index (χ4v) is 2.66. The molecule has 2 N–H and O–H groups in total. The van der Waals surface area contributed by atoms with Crippen LogP contribution in [0, 0.1) is 6.92 Å². The summed E-state index contributed by atoms with van der Waals surface area (Å²) in [5, 5.41) is 8.87. The number of hydrogen-bond donors (Lipinski definition) is 1. The third kappa shape index (κ3) is 3.06. The molecule has 3 aromatic rings. The normalized spacial score (nSPS) is 11.0. The number of carbonyl (C=O) groups is 1. The van der Waals surface area contributed by atoms with Crippen LogP contribution in [0.5, 0.6) is 0 Å². The van der Waals surface area contributed by atoms with E-state index in [4.69, 9.17) is 5.73 Å². The van der Waals surface area contributed by atoms with Crippen LogP contribution in [0.3, 0.4) is 0 Å². The van der Waals surface area contributed by atoms with E-state index in [-0.39, 0.29) is 5.75 Å². The monoisotopic (exact) mass is 314 g/mol. The van der Waals surface area contributed by atoms with Crippen LogP contribution in [-0.2, 0) is 11.3 Å². The molecule has 2 aromatic heterocycles. The molecule has 2 heterocycles. The van der Waals surface area contributed by atoms with Crippen LogP contribution in [-0.4, -0.2) is 36.6 Å². The lowest BCUT2D eigenvalue weighted by Gasteiger charge is -2.03. The number of benzene rings is 1. The zero-order chi connectivity index (χ0) is 15.5. The third-order valence-electron chi connectivity index (χ3n) is 3.07. The first kappa shape index (κ1) is 14.5. The number of primary amides is 1. The minimum Gasteiger partial charge on any atom is -0.369 e. The highest BCUT2D eigenvalue weighted by Gasteiger charge is 2.13. The van der Waals surface area contributed by atoms with E-state index in [1.165, 1.54) is 23.7 Å². The molecular formula is C14H14N6OS. The van der Waals surface area contributed by atoms with Gasteiger partial charge in [-0.25, -0.2) is 14.6 Å². The second kappa shape index (κ2) is 6.10. The number of thioether (sulfide) groups is 1. The second-order valence-electron chi connectivity index (χ2n) is 4.84. The highest BCUT2D eigenvalue weighted by Crippen LogP contribution is 2.22. The highest BCUT2D eigenvalue weighted by molar-refractivity contribution is 8.00. The number of aromatic nitrogens is 5.